The fourth-order valence-electron chi connectivity index (χ4n) is 4.45. The number of hydrazone groups is 1. The number of amides is 2. The summed E-state index contributed by atoms with van der Waals surface area (Å²) in [6, 6.07) is 12.8. The number of ether oxygens (including phenoxy) is 1. The molecule has 8 nitrogen and oxygen atoms in total. The average molecular weight is 516 g/mol. The Labute approximate surface area is 193 Å². The van der Waals surface area contributed by atoms with E-state index in [-0.39, 0.29) is 16.7 Å². The highest BCUT2D eigenvalue weighted by molar-refractivity contribution is 9.10. The largest absolute Gasteiger partial charge is 0.362 e. The van der Waals surface area contributed by atoms with Crippen molar-refractivity contribution >= 4 is 49.7 Å². The molecule has 3 aliphatic heterocycles. The lowest BCUT2D eigenvalue weighted by Gasteiger charge is -2.24. The summed E-state index contributed by atoms with van der Waals surface area (Å²) in [5.74, 6) is -1.77. The maximum absolute atomic E-state index is 13.0. The van der Waals surface area contributed by atoms with Crippen LogP contribution in [0.15, 0.2) is 75.2 Å². The monoisotopic (exact) mass is 515 g/mol. The predicted octanol–water partition coefficient (Wildman–Crippen LogP) is 2.59. The van der Waals surface area contributed by atoms with Gasteiger partial charge in [-0.05, 0) is 48.9 Å². The zero-order chi connectivity index (χ0) is 22.7. The SMILES string of the molecule is CC12C=CC(O1)[C@@H]1C(=O)N(c3ccc(S(=O)(=O)N/N=C/c4ccc(Br)cc4)cc3)C(=O)[C@@H]12. The van der Waals surface area contributed by atoms with E-state index < -0.39 is 33.6 Å². The molecular formula is C22H18BrN3O5S. The fraction of sp³-hybridized carbons (Fsp3) is 0.227. The van der Waals surface area contributed by atoms with E-state index in [0.717, 1.165) is 14.9 Å². The van der Waals surface area contributed by atoms with E-state index in [2.05, 4.69) is 25.9 Å². The summed E-state index contributed by atoms with van der Waals surface area (Å²) in [5, 5.41) is 3.80. The number of carbonyl (C=O) groups excluding carboxylic acids is 2. The molecule has 32 heavy (non-hydrogen) atoms. The molecule has 10 heteroatoms. The van der Waals surface area contributed by atoms with Gasteiger partial charge in [-0.15, -0.1) is 0 Å². The first kappa shape index (κ1) is 21.0. The van der Waals surface area contributed by atoms with E-state index in [1.165, 1.54) is 30.5 Å². The molecular weight excluding hydrogens is 498 g/mol. The number of hydrogen-bond acceptors (Lipinski definition) is 6. The van der Waals surface area contributed by atoms with Crippen LogP contribution in [0.2, 0.25) is 0 Å². The van der Waals surface area contributed by atoms with Crippen LogP contribution in [0, 0.1) is 11.8 Å². The molecule has 2 unspecified atom stereocenters. The third-order valence-corrected chi connectivity index (χ3v) is 7.76. The second kappa shape index (κ2) is 7.36. The number of carbonyl (C=O) groups is 2. The number of benzene rings is 2. The molecule has 5 rings (SSSR count). The molecule has 3 aliphatic rings. The normalized spacial score (nSPS) is 28.7. The van der Waals surface area contributed by atoms with Crippen molar-refractivity contribution < 1.29 is 22.7 Å². The van der Waals surface area contributed by atoms with Crippen molar-refractivity contribution in [3.63, 3.8) is 0 Å². The van der Waals surface area contributed by atoms with Gasteiger partial charge in [-0.3, -0.25) is 9.59 Å². The number of hydrogen-bond donors (Lipinski definition) is 1. The number of anilines is 1. The van der Waals surface area contributed by atoms with Crippen LogP contribution >= 0.6 is 15.9 Å². The van der Waals surface area contributed by atoms with Gasteiger partial charge in [-0.25, -0.2) is 9.73 Å². The lowest BCUT2D eigenvalue weighted by molar-refractivity contribution is -0.126. The molecule has 0 radical (unpaired) electrons. The topological polar surface area (TPSA) is 105 Å². The van der Waals surface area contributed by atoms with Gasteiger partial charge in [0.1, 0.15) is 0 Å². The third-order valence-electron chi connectivity index (χ3n) is 5.99. The zero-order valence-electron chi connectivity index (χ0n) is 16.8. The minimum atomic E-state index is -3.91. The molecule has 0 aromatic heterocycles. The molecule has 0 saturated carbocycles. The van der Waals surface area contributed by atoms with Crippen LogP contribution in [0.25, 0.3) is 0 Å². The Morgan fingerprint density at radius 2 is 1.78 bits per heavy atom. The average Bonchev–Trinajstić information content (AvgIpc) is 3.38. The summed E-state index contributed by atoms with van der Waals surface area (Å²) in [6.45, 7) is 1.80. The van der Waals surface area contributed by atoms with Gasteiger partial charge in [0.15, 0.2) is 0 Å². The van der Waals surface area contributed by atoms with Gasteiger partial charge >= 0.3 is 0 Å². The van der Waals surface area contributed by atoms with E-state index in [0.29, 0.717) is 5.69 Å². The summed E-state index contributed by atoms with van der Waals surface area (Å²) in [6.07, 6.45) is 4.65. The molecule has 2 amide bonds. The second-order valence-corrected chi connectivity index (χ2v) is 10.6. The molecule has 1 N–H and O–H groups in total. The summed E-state index contributed by atoms with van der Waals surface area (Å²) >= 11 is 3.33. The minimum absolute atomic E-state index is 0.0365. The van der Waals surface area contributed by atoms with Gasteiger partial charge in [0.05, 0.1) is 40.3 Å². The van der Waals surface area contributed by atoms with Crippen LogP contribution in [-0.2, 0) is 24.3 Å². The van der Waals surface area contributed by atoms with E-state index in [4.69, 9.17) is 4.74 Å². The highest BCUT2D eigenvalue weighted by atomic mass is 79.9. The van der Waals surface area contributed by atoms with Crippen LogP contribution in [0.5, 0.6) is 0 Å². The molecule has 2 saturated heterocycles. The Balaban J connectivity index is 1.32. The Hall–Kier alpha value is -2.82. The molecule has 3 heterocycles. The second-order valence-electron chi connectivity index (χ2n) is 8.04. The Kier molecular flexibility index (Phi) is 4.84. The number of imide groups is 1. The van der Waals surface area contributed by atoms with Crippen molar-refractivity contribution in [2.45, 2.75) is 23.5 Å². The molecule has 164 valence electrons. The van der Waals surface area contributed by atoms with Crippen LogP contribution in [0.3, 0.4) is 0 Å². The molecule has 0 spiro atoms. The number of rotatable bonds is 5. The first-order valence-electron chi connectivity index (χ1n) is 9.85. The maximum Gasteiger partial charge on any atom is 0.276 e. The lowest BCUT2D eigenvalue weighted by Crippen LogP contribution is -2.38. The number of sulfonamides is 1. The van der Waals surface area contributed by atoms with Crippen molar-refractivity contribution in [2.24, 2.45) is 16.9 Å². The fourth-order valence-corrected chi connectivity index (χ4v) is 5.51. The van der Waals surface area contributed by atoms with E-state index >= 15 is 0 Å². The van der Waals surface area contributed by atoms with E-state index in [9.17, 15) is 18.0 Å². The summed E-state index contributed by atoms with van der Waals surface area (Å²) < 4.78 is 31.8. The molecule has 0 aliphatic carbocycles. The number of halogens is 1. The standard InChI is InChI=1S/C22H18BrN3O5S/c1-22-11-10-17(31-22)18-19(22)21(28)26(20(18)27)15-6-8-16(9-7-15)32(29,30)25-24-12-13-2-4-14(23)5-3-13/h2-12,17-19,25H,1H3/b24-12+/t17?,18-,19+,22?/m0/s1. The van der Waals surface area contributed by atoms with Crippen molar-refractivity contribution in [1.82, 2.24) is 4.83 Å². The quantitative estimate of drug-likeness (QED) is 0.285. The Bertz CT molecular complexity index is 1270. The van der Waals surface area contributed by atoms with Crippen LogP contribution in [0.4, 0.5) is 5.69 Å². The lowest BCUT2D eigenvalue weighted by atomic mass is 9.78. The van der Waals surface area contributed by atoms with E-state index in [1.807, 2.05) is 24.3 Å². The smallest absolute Gasteiger partial charge is 0.276 e. The highest BCUT2D eigenvalue weighted by Crippen LogP contribution is 2.52. The van der Waals surface area contributed by atoms with Crippen molar-refractivity contribution in [3.05, 3.63) is 70.7 Å². The van der Waals surface area contributed by atoms with Gasteiger partial charge < -0.3 is 4.74 Å². The highest BCUT2D eigenvalue weighted by Gasteiger charge is 2.66. The van der Waals surface area contributed by atoms with Gasteiger partial charge in [-0.2, -0.15) is 13.5 Å². The molecule has 4 atom stereocenters. The van der Waals surface area contributed by atoms with Crippen molar-refractivity contribution in [3.8, 4) is 0 Å². The Morgan fingerprint density at radius 1 is 1.09 bits per heavy atom. The first-order valence-corrected chi connectivity index (χ1v) is 12.1. The summed E-state index contributed by atoms with van der Waals surface area (Å²) in [7, 11) is -3.91. The van der Waals surface area contributed by atoms with Crippen LogP contribution in [-0.4, -0.2) is 38.2 Å². The number of fused-ring (bicyclic) bond motifs is 5. The first-order chi connectivity index (χ1) is 15.2. The minimum Gasteiger partial charge on any atom is -0.362 e. The van der Waals surface area contributed by atoms with Gasteiger partial charge in [0.25, 0.3) is 10.0 Å². The number of nitrogens with one attached hydrogen (secondary N) is 1. The van der Waals surface area contributed by atoms with E-state index in [1.54, 1.807) is 19.1 Å². The van der Waals surface area contributed by atoms with Crippen molar-refractivity contribution in [2.75, 3.05) is 4.90 Å². The van der Waals surface area contributed by atoms with Gasteiger partial charge in [-0.1, -0.05) is 40.2 Å². The Morgan fingerprint density at radius 3 is 2.44 bits per heavy atom. The molecule has 2 bridgehead atoms. The van der Waals surface area contributed by atoms with Crippen LogP contribution in [0.1, 0.15) is 12.5 Å². The zero-order valence-corrected chi connectivity index (χ0v) is 19.2. The maximum atomic E-state index is 13.0. The van der Waals surface area contributed by atoms with Gasteiger partial charge in [0, 0.05) is 4.47 Å². The summed E-state index contributed by atoms with van der Waals surface area (Å²) in [4.78, 5) is 29.2. The molecule has 2 fully saturated rings. The van der Waals surface area contributed by atoms with Crippen molar-refractivity contribution in [1.29, 1.82) is 0 Å². The van der Waals surface area contributed by atoms with Crippen LogP contribution < -0.4 is 9.73 Å². The third kappa shape index (κ3) is 3.30. The number of nitrogens with zero attached hydrogens (tertiary/aromatic N) is 2. The predicted molar refractivity (Wildman–Crippen MR) is 120 cm³/mol. The summed E-state index contributed by atoms with van der Waals surface area (Å²) in [5.41, 5.74) is 0.273. The van der Waals surface area contributed by atoms with Gasteiger partial charge in [0.2, 0.25) is 11.8 Å². The molecule has 2 aromatic carbocycles. The molecule has 2 aromatic rings.